The highest BCUT2D eigenvalue weighted by molar-refractivity contribution is 14.1. The first-order valence-electron chi connectivity index (χ1n) is 33.1. The molecule has 0 radical (unpaired) electrons. The van der Waals surface area contributed by atoms with Crippen molar-refractivity contribution in [3.63, 3.8) is 0 Å². The quantitative estimate of drug-likeness (QED) is 0.101. The van der Waals surface area contributed by atoms with E-state index in [1.165, 1.54) is 118 Å². The van der Waals surface area contributed by atoms with Crippen LogP contribution in [-0.4, -0.2) is 27.5 Å². The van der Waals surface area contributed by atoms with Gasteiger partial charge in [-0.05, 0) is 234 Å². The minimum Gasteiger partial charge on any atom is -0.399 e. The molecule has 1 aliphatic rings. The van der Waals surface area contributed by atoms with Crippen LogP contribution in [0.3, 0.4) is 0 Å². The molecule has 3 heterocycles. The lowest BCUT2D eigenvalue weighted by atomic mass is 9.78. The van der Waals surface area contributed by atoms with Crippen LogP contribution in [0.5, 0.6) is 0 Å². The second kappa shape index (κ2) is 27.7. The van der Waals surface area contributed by atoms with Crippen LogP contribution in [0.1, 0.15) is 27.7 Å². The summed E-state index contributed by atoms with van der Waals surface area (Å²) in [5.41, 5.74) is 23.9. The summed E-state index contributed by atoms with van der Waals surface area (Å²) in [5.74, 6) is 0. The Labute approximate surface area is 604 Å². The predicted octanol–water partition coefficient (Wildman–Crippen LogP) is 25.4. The molecular formula is C90H68BBr2IN2O2. The van der Waals surface area contributed by atoms with Gasteiger partial charge in [0.25, 0.3) is 0 Å². The standard InChI is InChI=1S/C42H36BNO2.C42H28BrN.C6H4BrI/c1-41(2)42(3,4)46-43(45-41)35-19-13-18-31(25-35)32-22-23-38-37-20-11-12-21-39(37)44(40(38)28-32)36-26-33(29-14-7-5-8-15-29)24-34(27-36)30-16-9-6-10-17-30;43-40-20-9-7-18-37(40)33-17-11-16-31(24-33)32-22-23-39-38-19-8-10-21-41(38)44(42(39)28-32)36-26-34(29-12-3-1-4-13-29)25-35(27-36)30-14-5-2-6-15-30;7-5-3-1-2-4-6(5)8/h5-28H,1-4H3;1-28H;1-4H. The molecule has 16 aromatic rings. The fourth-order valence-corrected chi connectivity index (χ4v) is 14.6. The summed E-state index contributed by atoms with van der Waals surface area (Å²) in [5, 5.41) is 4.97. The monoisotopic (exact) mass is 1500 g/mol. The molecular weight excluding hydrogens is 1440 g/mol. The van der Waals surface area contributed by atoms with E-state index in [0.717, 1.165) is 32.4 Å². The third kappa shape index (κ3) is 13.1. The van der Waals surface area contributed by atoms with Crippen LogP contribution in [0, 0.1) is 3.57 Å². The van der Waals surface area contributed by atoms with Crippen molar-refractivity contribution < 1.29 is 9.31 Å². The third-order valence-corrected chi connectivity index (χ3v) is 22.1. The van der Waals surface area contributed by atoms with E-state index in [-0.39, 0.29) is 11.2 Å². The van der Waals surface area contributed by atoms with E-state index in [9.17, 15) is 0 Å². The van der Waals surface area contributed by atoms with Crippen molar-refractivity contribution in [3.8, 4) is 89.3 Å². The number of fused-ring (bicyclic) bond motifs is 6. The summed E-state index contributed by atoms with van der Waals surface area (Å²) in [6.07, 6.45) is 0. The van der Waals surface area contributed by atoms with E-state index in [2.05, 4.69) is 413 Å². The highest BCUT2D eigenvalue weighted by Gasteiger charge is 2.51. The zero-order valence-corrected chi connectivity index (χ0v) is 60.1. The van der Waals surface area contributed by atoms with Gasteiger partial charge < -0.3 is 18.4 Å². The fourth-order valence-electron chi connectivity index (χ4n) is 13.4. The summed E-state index contributed by atoms with van der Waals surface area (Å²) in [4.78, 5) is 0. The smallest absolute Gasteiger partial charge is 0.399 e. The number of benzene rings is 14. The molecule has 0 amide bonds. The van der Waals surface area contributed by atoms with E-state index in [0.29, 0.717) is 0 Å². The molecule has 0 spiro atoms. The minimum atomic E-state index is -0.405. The Kier molecular flexibility index (Phi) is 18.2. The Balaban J connectivity index is 0.000000144. The number of aromatic nitrogens is 2. The van der Waals surface area contributed by atoms with Gasteiger partial charge in [-0.2, -0.15) is 0 Å². The first-order valence-corrected chi connectivity index (χ1v) is 35.8. The predicted molar refractivity (Wildman–Crippen MR) is 430 cm³/mol. The van der Waals surface area contributed by atoms with Crippen LogP contribution in [0.25, 0.3) is 133 Å². The molecule has 2 aromatic heterocycles. The highest BCUT2D eigenvalue weighted by Crippen LogP contribution is 2.42. The molecule has 8 heteroatoms. The molecule has 4 nitrogen and oxygen atoms in total. The number of hydrogen-bond donors (Lipinski definition) is 0. The number of hydrogen-bond acceptors (Lipinski definition) is 2. The summed E-state index contributed by atoms with van der Waals surface area (Å²) in [7, 11) is -0.405. The maximum absolute atomic E-state index is 6.40. The lowest BCUT2D eigenvalue weighted by Crippen LogP contribution is -2.41. The zero-order valence-electron chi connectivity index (χ0n) is 54.8. The minimum absolute atomic E-state index is 0.388. The molecule has 0 saturated carbocycles. The Morgan fingerprint density at radius 3 is 1.04 bits per heavy atom. The summed E-state index contributed by atoms with van der Waals surface area (Å²) < 4.78 is 21.2. The Bertz CT molecular complexity index is 5420. The average Bonchev–Trinajstić information content (AvgIpc) is 1.59. The van der Waals surface area contributed by atoms with Crippen LogP contribution in [0.4, 0.5) is 0 Å². The SMILES string of the molecule is Brc1ccccc1-c1cccc(-c2ccc3c4ccccc4n(-c4cc(-c5ccccc5)cc(-c5ccccc5)c4)c3c2)c1.Brc1ccccc1I.CC1(C)OB(c2cccc(-c3ccc4c5ccccc5n(-c5cc(-c6ccccc6)cc(-c6ccccc6)c5)c4c3)c2)OC1(C)C. The second-order valence-corrected chi connectivity index (χ2v) is 28.7. The van der Waals surface area contributed by atoms with Crippen molar-refractivity contribution in [2.75, 3.05) is 0 Å². The second-order valence-electron chi connectivity index (χ2n) is 25.9. The lowest BCUT2D eigenvalue weighted by Gasteiger charge is -2.32. The normalized spacial score (nSPS) is 13.1. The molecule has 1 aliphatic heterocycles. The molecule has 0 unspecified atom stereocenters. The van der Waals surface area contributed by atoms with E-state index in [4.69, 9.17) is 9.31 Å². The van der Waals surface area contributed by atoms with Gasteiger partial charge >= 0.3 is 7.12 Å². The van der Waals surface area contributed by atoms with Crippen molar-refractivity contribution in [1.82, 2.24) is 9.13 Å². The van der Waals surface area contributed by atoms with Crippen molar-refractivity contribution in [2.24, 2.45) is 0 Å². The van der Waals surface area contributed by atoms with Crippen LogP contribution in [-0.2, 0) is 9.31 Å². The van der Waals surface area contributed by atoms with Gasteiger partial charge in [-0.15, -0.1) is 0 Å². The Hall–Kier alpha value is -9.65. The number of rotatable bonds is 10. The molecule has 14 aromatic carbocycles. The molecule has 1 fully saturated rings. The van der Waals surface area contributed by atoms with E-state index in [1.54, 1.807) is 0 Å². The van der Waals surface area contributed by atoms with Gasteiger partial charge in [0.05, 0.1) is 33.3 Å². The molecule has 98 heavy (non-hydrogen) atoms. The van der Waals surface area contributed by atoms with Crippen molar-refractivity contribution >= 4 is 111 Å². The number of halogens is 3. The third-order valence-electron chi connectivity index (χ3n) is 19.1. The first kappa shape index (κ1) is 64.4. The van der Waals surface area contributed by atoms with Crippen molar-refractivity contribution in [3.05, 3.63) is 352 Å². The summed E-state index contributed by atoms with van der Waals surface area (Å²) >= 11 is 9.41. The van der Waals surface area contributed by atoms with Gasteiger partial charge in [0.15, 0.2) is 0 Å². The van der Waals surface area contributed by atoms with Gasteiger partial charge in [0.1, 0.15) is 0 Å². The van der Waals surface area contributed by atoms with Crippen LogP contribution in [0.2, 0.25) is 0 Å². The Morgan fingerprint density at radius 2 is 0.612 bits per heavy atom. The zero-order chi connectivity index (χ0) is 66.9. The van der Waals surface area contributed by atoms with Gasteiger partial charge in [0.2, 0.25) is 0 Å². The van der Waals surface area contributed by atoms with Crippen LogP contribution >= 0.6 is 54.5 Å². The van der Waals surface area contributed by atoms with Gasteiger partial charge in [-0.1, -0.05) is 271 Å². The average molecular weight is 1510 g/mol. The van der Waals surface area contributed by atoms with Gasteiger partial charge in [-0.25, -0.2) is 0 Å². The number of para-hydroxylation sites is 2. The molecule has 0 aliphatic carbocycles. The molecule has 0 N–H and O–H groups in total. The highest BCUT2D eigenvalue weighted by atomic mass is 127. The van der Waals surface area contributed by atoms with Gasteiger partial charge in [0, 0.05) is 45.4 Å². The first-order chi connectivity index (χ1) is 47.8. The van der Waals surface area contributed by atoms with Crippen LogP contribution < -0.4 is 5.46 Å². The Morgan fingerprint density at radius 1 is 0.276 bits per heavy atom. The van der Waals surface area contributed by atoms with Gasteiger partial charge in [-0.3, -0.25) is 0 Å². The lowest BCUT2D eigenvalue weighted by molar-refractivity contribution is 0.00578. The largest absolute Gasteiger partial charge is 0.494 e. The maximum atomic E-state index is 6.40. The molecule has 474 valence electrons. The van der Waals surface area contributed by atoms with Crippen molar-refractivity contribution in [1.29, 1.82) is 0 Å². The maximum Gasteiger partial charge on any atom is 0.494 e. The summed E-state index contributed by atoms with van der Waals surface area (Å²) in [6.45, 7) is 8.39. The van der Waals surface area contributed by atoms with E-state index in [1.807, 2.05) is 18.2 Å². The van der Waals surface area contributed by atoms with E-state index >= 15 is 0 Å². The van der Waals surface area contributed by atoms with Crippen LogP contribution in [0.15, 0.2) is 349 Å². The summed E-state index contributed by atoms with van der Waals surface area (Å²) in [6, 6.07) is 122. The molecule has 0 bridgehead atoms. The van der Waals surface area contributed by atoms with E-state index < -0.39 is 7.12 Å². The molecule has 1 saturated heterocycles. The molecule has 17 rings (SSSR count). The number of nitrogens with zero attached hydrogens (tertiary/aromatic N) is 2. The van der Waals surface area contributed by atoms with Crippen molar-refractivity contribution in [2.45, 2.75) is 38.9 Å². The topological polar surface area (TPSA) is 28.3 Å². The molecule has 0 atom stereocenters. The fraction of sp³-hybridized carbons (Fsp3) is 0.0667.